The smallest absolute Gasteiger partial charge is 0.291 e. The zero-order valence-corrected chi connectivity index (χ0v) is 21.2. The summed E-state index contributed by atoms with van der Waals surface area (Å²) < 4.78 is 13.1. The third-order valence-corrected chi connectivity index (χ3v) is 6.22. The largest absolute Gasteiger partial charge is 0.484 e. The van der Waals surface area contributed by atoms with Gasteiger partial charge in [0.05, 0.1) is 28.6 Å². The lowest BCUT2D eigenvalue weighted by molar-refractivity contribution is 0.0992. The first-order chi connectivity index (χ1) is 16.2. The molecule has 2 heterocycles. The first kappa shape index (κ1) is 24.5. The number of anilines is 1. The van der Waals surface area contributed by atoms with E-state index in [2.05, 4.69) is 10.4 Å². The maximum absolute atomic E-state index is 12.8. The summed E-state index contributed by atoms with van der Waals surface area (Å²) in [5, 5.41) is 9.43. The first-order valence-electron chi connectivity index (χ1n) is 10.2. The molecule has 0 saturated carbocycles. The van der Waals surface area contributed by atoms with Gasteiger partial charge in [-0.1, -0.05) is 52.5 Å². The van der Waals surface area contributed by atoms with Crippen LogP contribution in [0.2, 0.25) is 20.1 Å². The number of hydrogen-bond acceptors (Lipinski definition) is 4. The molecule has 0 spiro atoms. The molecule has 0 aliphatic rings. The molecule has 10 heteroatoms. The van der Waals surface area contributed by atoms with E-state index >= 15 is 0 Å². The number of nitrogens with one attached hydrogen (secondary N) is 1. The van der Waals surface area contributed by atoms with Crippen molar-refractivity contribution in [2.45, 2.75) is 27.0 Å². The van der Waals surface area contributed by atoms with Crippen molar-refractivity contribution in [1.82, 2.24) is 9.78 Å². The highest BCUT2D eigenvalue weighted by atomic mass is 35.5. The molecule has 0 aliphatic carbocycles. The average Bonchev–Trinajstić information content (AvgIpc) is 3.35. The topological polar surface area (TPSA) is 69.3 Å². The van der Waals surface area contributed by atoms with Crippen molar-refractivity contribution in [3.05, 3.63) is 97.1 Å². The molecule has 6 nitrogen and oxygen atoms in total. The molecule has 0 unspecified atom stereocenters. The van der Waals surface area contributed by atoms with E-state index in [9.17, 15) is 4.79 Å². The number of carbonyl (C=O) groups excluding carboxylic acids is 1. The van der Waals surface area contributed by atoms with Crippen molar-refractivity contribution >= 4 is 58.0 Å². The Hall–Kier alpha value is -2.64. The normalized spacial score (nSPS) is 11.0. The molecule has 0 saturated heterocycles. The van der Waals surface area contributed by atoms with Crippen molar-refractivity contribution in [1.29, 1.82) is 0 Å². The fourth-order valence-electron chi connectivity index (χ4n) is 3.34. The Balaban J connectivity index is 1.43. The van der Waals surface area contributed by atoms with Gasteiger partial charge in [0.15, 0.2) is 5.76 Å². The molecule has 2 aromatic carbocycles. The molecular formula is C24H19Cl4N3O3. The van der Waals surface area contributed by atoms with Crippen molar-refractivity contribution in [2.75, 3.05) is 5.32 Å². The van der Waals surface area contributed by atoms with Crippen LogP contribution in [0.5, 0.6) is 5.75 Å². The van der Waals surface area contributed by atoms with Crippen LogP contribution >= 0.6 is 46.4 Å². The van der Waals surface area contributed by atoms with Gasteiger partial charge >= 0.3 is 0 Å². The van der Waals surface area contributed by atoms with E-state index in [1.165, 1.54) is 0 Å². The van der Waals surface area contributed by atoms with Crippen LogP contribution in [0.25, 0.3) is 0 Å². The minimum Gasteiger partial charge on any atom is -0.484 e. The summed E-state index contributed by atoms with van der Waals surface area (Å²) in [6.45, 7) is 4.23. The van der Waals surface area contributed by atoms with Gasteiger partial charge in [-0.15, -0.1) is 0 Å². The number of carbonyl (C=O) groups is 1. The van der Waals surface area contributed by atoms with Crippen molar-refractivity contribution < 1.29 is 13.9 Å². The highest BCUT2D eigenvalue weighted by molar-refractivity contribution is 6.35. The lowest BCUT2D eigenvalue weighted by Crippen LogP contribution is -2.12. The number of aryl methyl sites for hydroxylation is 1. The van der Waals surface area contributed by atoms with E-state index in [0.717, 1.165) is 11.3 Å². The second-order valence-electron chi connectivity index (χ2n) is 7.52. The van der Waals surface area contributed by atoms with Gasteiger partial charge in [-0.3, -0.25) is 9.48 Å². The van der Waals surface area contributed by atoms with Gasteiger partial charge in [-0.25, -0.2) is 0 Å². The van der Waals surface area contributed by atoms with Gasteiger partial charge in [0, 0.05) is 15.1 Å². The molecule has 0 fully saturated rings. The van der Waals surface area contributed by atoms with E-state index in [4.69, 9.17) is 55.6 Å². The van der Waals surface area contributed by atoms with Crippen LogP contribution in [-0.4, -0.2) is 15.7 Å². The second-order valence-corrected chi connectivity index (χ2v) is 9.21. The summed E-state index contributed by atoms with van der Waals surface area (Å²) in [7, 11) is 0. The quantitative estimate of drug-likeness (QED) is 0.263. The number of rotatable bonds is 7. The Kier molecular flexibility index (Phi) is 7.43. The van der Waals surface area contributed by atoms with Gasteiger partial charge in [-0.05, 0) is 61.9 Å². The number of aromatic nitrogens is 2. The third-order valence-electron chi connectivity index (χ3n) is 5.10. The number of amides is 1. The third kappa shape index (κ3) is 5.53. The Bertz CT molecular complexity index is 1360. The Morgan fingerprint density at radius 2 is 1.71 bits per heavy atom. The van der Waals surface area contributed by atoms with Gasteiger partial charge in [0.25, 0.3) is 5.91 Å². The van der Waals surface area contributed by atoms with Gasteiger partial charge < -0.3 is 14.5 Å². The van der Waals surface area contributed by atoms with E-state index in [1.54, 1.807) is 47.1 Å². The summed E-state index contributed by atoms with van der Waals surface area (Å²) in [5.74, 6) is 0.685. The molecule has 34 heavy (non-hydrogen) atoms. The van der Waals surface area contributed by atoms with Gasteiger partial charge in [0.2, 0.25) is 0 Å². The molecule has 4 aromatic rings. The number of benzene rings is 2. The summed E-state index contributed by atoms with van der Waals surface area (Å²) in [4.78, 5) is 12.8. The monoisotopic (exact) mass is 537 g/mol. The van der Waals surface area contributed by atoms with Crippen LogP contribution in [-0.2, 0) is 13.2 Å². The molecule has 0 atom stereocenters. The number of nitrogens with zero attached hydrogens (tertiary/aromatic N) is 2. The number of halogens is 4. The summed E-state index contributed by atoms with van der Waals surface area (Å²) in [5.41, 5.74) is 2.93. The van der Waals surface area contributed by atoms with Crippen LogP contribution in [0.15, 0.2) is 52.9 Å². The molecule has 0 bridgehead atoms. The Morgan fingerprint density at radius 3 is 2.41 bits per heavy atom. The second kappa shape index (κ2) is 10.3. The van der Waals surface area contributed by atoms with Crippen LogP contribution in [0.1, 0.15) is 33.3 Å². The maximum Gasteiger partial charge on any atom is 0.291 e. The molecule has 4 rings (SSSR count). The highest BCUT2D eigenvalue weighted by Crippen LogP contribution is 2.29. The predicted octanol–water partition coefficient (Wildman–Crippen LogP) is 7.59. The van der Waals surface area contributed by atoms with Crippen LogP contribution in [0.3, 0.4) is 0 Å². The fraction of sp³-hybridized carbons (Fsp3) is 0.167. The number of furan rings is 1. The van der Waals surface area contributed by atoms with E-state index in [-0.39, 0.29) is 12.4 Å². The van der Waals surface area contributed by atoms with Crippen molar-refractivity contribution in [3.8, 4) is 5.75 Å². The predicted molar refractivity (Wildman–Crippen MR) is 135 cm³/mol. The number of ether oxygens (including phenoxy) is 1. The lowest BCUT2D eigenvalue weighted by atomic mass is 10.2. The van der Waals surface area contributed by atoms with E-state index in [1.807, 2.05) is 19.9 Å². The molecule has 1 N–H and O–H groups in total. The summed E-state index contributed by atoms with van der Waals surface area (Å²) in [6, 6.07) is 13.5. The first-order valence-corrected chi connectivity index (χ1v) is 11.7. The van der Waals surface area contributed by atoms with Crippen molar-refractivity contribution in [2.24, 2.45) is 0 Å². The molecule has 0 radical (unpaired) electrons. The number of hydrogen-bond donors (Lipinski definition) is 1. The fourth-order valence-corrected chi connectivity index (χ4v) is 4.27. The lowest BCUT2D eigenvalue weighted by Gasteiger charge is -2.08. The highest BCUT2D eigenvalue weighted by Gasteiger charge is 2.18. The zero-order valence-electron chi connectivity index (χ0n) is 18.2. The minimum atomic E-state index is -0.397. The summed E-state index contributed by atoms with van der Waals surface area (Å²) in [6.07, 6.45) is 0. The van der Waals surface area contributed by atoms with Crippen LogP contribution in [0.4, 0.5) is 5.69 Å². The Morgan fingerprint density at radius 1 is 1.00 bits per heavy atom. The SMILES string of the molecule is Cc1nn(Cc2ccc(Cl)cc2Cl)c(C)c1NC(=O)c1ccc(COc2ccc(Cl)cc2Cl)o1. The molecular weight excluding hydrogens is 520 g/mol. The summed E-state index contributed by atoms with van der Waals surface area (Å²) >= 11 is 24.3. The van der Waals surface area contributed by atoms with Gasteiger partial charge in [0.1, 0.15) is 18.1 Å². The average molecular weight is 539 g/mol. The van der Waals surface area contributed by atoms with Crippen LogP contribution < -0.4 is 10.1 Å². The minimum absolute atomic E-state index is 0.104. The molecule has 2 aromatic heterocycles. The van der Waals surface area contributed by atoms with Crippen LogP contribution in [0, 0.1) is 13.8 Å². The zero-order chi connectivity index (χ0) is 24.4. The molecule has 0 aliphatic heterocycles. The van der Waals surface area contributed by atoms with E-state index < -0.39 is 5.91 Å². The maximum atomic E-state index is 12.8. The van der Waals surface area contributed by atoms with Crippen molar-refractivity contribution in [3.63, 3.8) is 0 Å². The van der Waals surface area contributed by atoms with E-state index in [0.29, 0.717) is 49.5 Å². The Labute approximate surface area is 216 Å². The molecule has 176 valence electrons. The standard InChI is InChI=1S/C24H19Cl4N3O3/c1-13-23(14(2)31(30-13)11-15-3-4-16(25)9-19(15)27)29-24(32)22-8-6-18(34-22)12-33-21-7-5-17(26)10-20(21)28/h3-10H,11-12H2,1-2H3,(H,29,32). The molecule has 1 amide bonds. The van der Waals surface area contributed by atoms with Gasteiger partial charge in [-0.2, -0.15) is 5.10 Å².